The molecule has 0 unspecified atom stereocenters. The summed E-state index contributed by atoms with van der Waals surface area (Å²) in [5, 5.41) is 12.4. The highest BCUT2D eigenvalue weighted by molar-refractivity contribution is 5.85. The van der Waals surface area contributed by atoms with Crippen molar-refractivity contribution in [1.82, 2.24) is 29.6 Å². The lowest BCUT2D eigenvalue weighted by atomic mass is 9.78. The number of hydrogen-bond acceptors (Lipinski definition) is 9. The smallest absolute Gasteiger partial charge is 0.410 e. The van der Waals surface area contributed by atoms with Crippen molar-refractivity contribution in [2.75, 3.05) is 64.7 Å². The number of aryl methyl sites for hydroxylation is 1. The minimum atomic E-state index is -0.997. The van der Waals surface area contributed by atoms with Gasteiger partial charge >= 0.3 is 12.1 Å². The van der Waals surface area contributed by atoms with Crippen LogP contribution in [0.15, 0.2) is 48.8 Å². The molecule has 6 rings (SSSR count). The predicted molar refractivity (Wildman–Crippen MR) is 201 cm³/mol. The number of carbonyl (C=O) groups excluding carboxylic acids is 3. The maximum atomic E-state index is 14.2. The first kappa shape index (κ1) is 38.0. The van der Waals surface area contributed by atoms with Gasteiger partial charge in [0.05, 0.1) is 17.6 Å². The van der Waals surface area contributed by atoms with Gasteiger partial charge in [-0.1, -0.05) is 24.3 Å². The van der Waals surface area contributed by atoms with Gasteiger partial charge in [0.2, 0.25) is 6.41 Å². The minimum absolute atomic E-state index is 0.0168. The van der Waals surface area contributed by atoms with Crippen LogP contribution in [-0.4, -0.2) is 131 Å². The number of para-hydroxylation sites is 1. The third-order valence-corrected chi connectivity index (χ3v) is 11.5. The molecular formula is C40H53N7O6. The normalized spacial score (nSPS) is 18.5. The monoisotopic (exact) mass is 727 g/mol. The van der Waals surface area contributed by atoms with Crippen LogP contribution in [0, 0.1) is 18.8 Å². The van der Waals surface area contributed by atoms with Gasteiger partial charge < -0.3 is 29.9 Å². The average Bonchev–Trinajstić information content (AvgIpc) is 3.18. The quantitative estimate of drug-likeness (QED) is 0.245. The molecule has 0 bridgehead atoms. The van der Waals surface area contributed by atoms with E-state index in [-0.39, 0.29) is 24.9 Å². The van der Waals surface area contributed by atoms with Gasteiger partial charge in [0.1, 0.15) is 0 Å². The fourth-order valence-electron chi connectivity index (χ4n) is 8.53. The van der Waals surface area contributed by atoms with Crippen LogP contribution in [0.1, 0.15) is 55.2 Å². The standard InChI is InChI=1S/C40H53N7O6/c1-28-23-29(24-35-38(28)43-15-14-42-35)25-36(39(51)45-18-9-31(10-19-45)30-7-16-44(17-8-30)26-37(49)50)53-40(52)46-21-12-33(13-22-46)47(27-48)20-11-32-5-3-4-6-34(32)41-2/h3-6,14-15,23-24,27,30-31,33,36,41H,7-13,16-22,25-26H2,1-2H3,(H,49,50)/t36-/m1/s1. The van der Waals surface area contributed by atoms with Crippen LogP contribution in [-0.2, 0) is 32.0 Å². The van der Waals surface area contributed by atoms with Crippen molar-refractivity contribution in [2.45, 2.75) is 70.4 Å². The van der Waals surface area contributed by atoms with Gasteiger partial charge in [-0.15, -0.1) is 0 Å². The number of benzene rings is 2. The highest BCUT2D eigenvalue weighted by Crippen LogP contribution is 2.33. The van der Waals surface area contributed by atoms with Gasteiger partial charge in [0.25, 0.3) is 5.91 Å². The van der Waals surface area contributed by atoms with Crippen molar-refractivity contribution in [1.29, 1.82) is 0 Å². The predicted octanol–water partition coefficient (Wildman–Crippen LogP) is 4.23. The molecule has 53 heavy (non-hydrogen) atoms. The number of likely N-dealkylation sites (tertiary alicyclic amines) is 3. The van der Waals surface area contributed by atoms with Crippen molar-refractivity contribution < 1.29 is 29.0 Å². The average molecular weight is 728 g/mol. The molecule has 2 N–H and O–H groups in total. The number of rotatable bonds is 13. The summed E-state index contributed by atoms with van der Waals surface area (Å²) < 4.78 is 6.12. The Kier molecular flexibility index (Phi) is 12.8. The maximum absolute atomic E-state index is 14.2. The number of carbonyl (C=O) groups is 4. The van der Waals surface area contributed by atoms with Gasteiger partial charge in [0, 0.05) is 70.3 Å². The van der Waals surface area contributed by atoms with Crippen molar-refractivity contribution in [3.63, 3.8) is 0 Å². The highest BCUT2D eigenvalue weighted by Gasteiger charge is 2.36. The Balaban J connectivity index is 1.08. The summed E-state index contributed by atoms with van der Waals surface area (Å²) in [5.41, 5.74) is 5.51. The lowest BCUT2D eigenvalue weighted by molar-refractivity contribution is -0.142. The first-order valence-electron chi connectivity index (χ1n) is 19.1. The lowest BCUT2D eigenvalue weighted by Gasteiger charge is -2.40. The summed E-state index contributed by atoms with van der Waals surface area (Å²) in [4.78, 5) is 67.5. The molecule has 0 aliphatic carbocycles. The number of fused-ring (bicyclic) bond motifs is 1. The molecule has 0 saturated carbocycles. The fourth-order valence-corrected chi connectivity index (χ4v) is 8.53. The summed E-state index contributed by atoms with van der Waals surface area (Å²) in [7, 11) is 1.89. The van der Waals surface area contributed by atoms with Gasteiger partial charge in [-0.2, -0.15) is 0 Å². The van der Waals surface area contributed by atoms with E-state index < -0.39 is 18.2 Å². The van der Waals surface area contributed by atoms with Crippen molar-refractivity contribution in [3.8, 4) is 0 Å². The van der Waals surface area contributed by atoms with Gasteiger partial charge in [-0.3, -0.25) is 29.3 Å². The molecule has 3 aliphatic heterocycles. The van der Waals surface area contributed by atoms with Crippen molar-refractivity contribution in [2.24, 2.45) is 11.8 Å². The third kappa shape index (κ3) is 9.61. The number of anilines is 1. The molecule has 2 aromatic carbocycles. The van der Waals surface area contributed by atoms with E-state index in [1.807, 2.05) is 59.0 Å². The molecule has 3 aliphatic rings. The number of carboxylic acids is 1. The number of nitrogens with one attached hydrogen (secondary N) is 1. The molecule has 3 aromatic rings. The zero-order chi connectivity index (χ0) is 37.3. The van der Waals surface area contributed by atoms with Crippen LogP contribution >= 0.6 is 0 Å². The Labute approximate surface area is 311 Å². The second-order valence-electron chi connectivity index (χ2n) is 14.8. The van der Waals surface area contributed by atoms with E-state index in [2.05, 4.69) is 21.4 Å². The topological polar surface area (TPSA) is 149 Å². The van der Waals surface area contributed by atoms with E-state index in [0.29, 0.717) is 57.4 Å². The molecule has 0 spiro atoms. The Morgan fingerprint density at radius 3 is 2.28 bits per heavy atom. The number of aromatic nitrogens is 2. The molecule has 13 nitrogen and oxygen atoms in total. The second-order valence-corrected chi connectivity index (χ2v) is 14.8. The summed E-state index contributed by atoms with van der Waals surface area (Å²) in [6.07, 6.45) is 8.62. The van der Waals surface area contributed by atoms with Crippen LogP contribution in [0.4, 0.5) is 10.5 Å². The van der Waals surface area contributed by atoms with E-state index in [1.165, 1.54) is 0 Å². The number of ether oxygens (including phenoxy) is 1. The van der Waals surface area contributed by atoms with Crippen LogP contribution in [0.25, 0.3) is 11.0 Å². The Hall–Kier alpha value is -4.78. The fraction of sp³-hybridized carbons (Fsp3) is 0.550. The summed E-state index contributed by atoms with van der Waals surface area (Å²) in [6, 6.07) is 12.0. The summed E-state index contributed by atoms with van der Waals surface area (Å²) in [6.45, 7) is 6.29. The van der Waals surface area contributed by atoms with E-state index in [1.54, 1.807) is 17.3 Å². The molecular weight excluding hydrogens is 674 g/mol. The van der Waals surface area contributed by atoms with E-state index in [9.17, 15) is 19.2 Å². The molecule has 1 atom stereocenters. The van der Waals surface area contributed by atoms with Gasteiger partial charge in [-0.25, -0.2) is 4.79 Å². The molecule has 0 radical (unpaired) electrons. The molecule has 284 valence electrons. The molecule has 13 heteroatoms. The largest absolute Gasteiger partial charge is 0.480 e. The Morgan fingerprint density at radius 1 is 0.943 bits per heavy atom. The molecule has 4 heterocycles. The summed E-state index contributed by atoms with van der Waals surface area (Å²) >= 11 is 0. The SMILES string of the molecule is CNc1ccccc1CCN(C=O)C1CCN(C(=O)O[C@H](Cc2cc(C)c3nccnc3c2)C(=O)N2CCC(C3CCN(CC(=O)O)CC3)CC2)CC1. The van der Waals surface area contributed by atoms with Crippen LogP contribution in [0.2, 0.25) is 0 Å². The van der Waals surface area contributed by atoms with Gasteiger partial charge in [0.15, 0.2) is 6.10 Å². The highest BCUT2D eigenvalue weighted by atomic mass is 16.6. The summed E-state index contributed by atoms with van der Waals surface area (Å²) in [5.74, 6) is 0.0343. The van der Waals surface area contributed by atoms with Gasteiger partial charge in [-0.05, 0) is 106 Å². The van der Waals surface area contributed by atoms with Crippen LogP contribution in [0.3, 0.4) is 0 Å². The Bertz CT molecular complexity index is 1730. The number of amides is 3. The van der Waals surface area contributed by atoms with Crippen LogP contribution in [0.5, 0.6) is 0 Å². The third-order valence-electron chi connectivity index (χ3n) is 11.5. The second kappa shape index (κ2) is 17.8. The van der Waals surface area contributed by atoms with Crippen molar-refractivity contribution in [3.05, 3.63) is 65.5 Å². The zero-order valence-corrected chi connectivity index (χ0v) is 31.0. The lowest BCUT2D eigenvalue weighted by Crippen LogP contribution is -2.50. The number of aliphatic carboxylic acids is 1. The van der Waals surface area contributed by atoms with E-state index in [4.69, 9.17) is 9.84 Å². The number of hydrogen-bond donors (Lipinski definition) is 2. The van der Waals surface area contributed by atoms with E-state index in [0.717, 1.165) is 85.0 Å². The number of carboxylic acid groups (broad SMARTS) is 1. The minimum Gasteiger partial charge on any atom is -0.480 e. The molecule has 3 saturated heterocycles. The number of nitrogens with zero attached hydrogens (tertiary/aromatic N) is 6. The van der Waals surface area contributed by atoms with E-state index >= 15 is 0 Å². The molecule has 3 amide bonds. The van der Waals surface area contributed by atoms with Crippen LogP contribution < -0.4 is 5.32 Å². The zero-order valence-electron chi connectivity index (χ0n) is 31.0. The Morgan fingerprint density at radius 2 is 1.60 bits per heavy atom. The first-order valence-corrected chi connectivity index (χ1v) is 19.1. The van der Waals surface area contributed by atoms with Crippen molar-refractivity contribution >= 4 is 41.1 Å². The molecule has 3 fully saturated rings. The first-order chi connectivity index (χ1) is 25.7. The molecule has 1 aromatic heterocycles. The maximum Gasteiger partial charge on any atom is 0.410 e. The number of piperidine rings is 3.